The second-order valence-corrected chi connectivity index (χ2v) is 6.17. The molecule has 0 amide bonds. The van der Waals surface area contributed by atoms with E-state index in [1.165, 1.54) is 29.7 Å². The van der Waals surface area contributed by atoms with Crippen LogP contribution in [0.15, 0.2) is 24.3 Å². The first-order valence-electron chi connectivity index (χ1n) is 6.70. The van der Waals surface area contributed by atoms with Crippen LogP contribution < -0.4 is 5.32 Å². The van der Waals surface area contributed by atoms with Gasteiger partial charge < -0.3 is 5.32 Å². The van der Waals surface area contributed by atoms with Gasteiger partial charge in [-0.05, 0) is 49.6 Å². The van der Waals surface area contributed by atoms with Crippen molar-refractivity contribution in [1.29, 1.82) is 0 Å². The van der Waals surface area contributed by atoms with Crippen LogP contribution in [0.3, 0.4) is 0 Å². The normalized spacial score (nSPS) is 21.6. The van der Waals surface area contributed by atoms with Gasteiger partial charge >= 0.3 is 0 Å². The molecule has 0 aromatic heterocycles. The molecule has 2 unspecified atom stereocenters. The zero-order valence-corrected chi connectivity index (χ0v) is 11.7. The second kappa shape index (κ2) is 6.46. The van der Waals surface area contributed by atoms with Crippen LogP contribution in [0.2, 0.25) is 0 Å². The summed E-state index contributed by atoms with van der Waals surface area (Å²) in [6.07, 6.45) is 5.07. The highest BCUT2D eigenvalue weighted by molar-refractivity contribution is 8.00. The summed E-state index contributed by atoms with van der Waals surface area (Å²) < 4.78 is 0. The minimum absolute atomic E-state index is 0.634. The van der Waals surface area contributed by atoms with E-state index in [2.05, 4.69) is 55.3 Å². The Morgan fingerprint density at radius 2 is 2.00 bits per heavy atom. The Morgan fingerprint density at radius 3 is 2.53 bits per heavy atom. The molecule has 0 radical (unpaired) electrons. The summed E-state index contributed by atoms with van der Waals surface area (Å²) in [5.41, 5.74) is 2.90. The molecule has 1 nitrogen and oxygen atoms in total. The summed E-state index contributed by atoms with van der Waals surface area (Å²) in [6.45, 7) is 2.21. The molecule has 0 spiro atoms. The van der Waals surface area contributed by atoms with E-state index in [1.54, 1.807) is 0 Å². The average molecular weight is 249 g/mol. The quantitative estimate of drug-likeness (QED) is 0.859. The average Bonchev–Trinajstić information content (AvgIpc) is 2.90. The van der Waals surface area contributed by atoms with Gasteiger partial charge in [0.15, 0.2) is 0 Å². The molecular formula is C15H23NS. The molecule has 2 atom stereocenters. The van der Waals surface area contributed by atoms with Gasteiger partial charge in [0.2, 0.25) is 0 Å². The van der Waals surface area contributed by atoms with Gasteiger partial charge in [-0.1, -0.05) is 31.2 Å². The molecule has 0 aliphatic carbocycles. The molecule has 2 rings (SSSR count). The number of nitrogens with one attached hydrogen (secondary N) is 1. The van der Waals surface area contributed by atoms with Gasteiger partial charge in [0.25, 0.3) is 0 Å². The standard InChI is InChI=1S/C15H23NS/c1-3-12-6-8-13(9-7-12)11-14(16-2)15-5-4-10-17-15/h6-9,14-16H,3-5,10-11H2,1-2H3. The van der Waals surface area contributed by atoms with Crippen LogP contribution in [0.25, 0.3) is 0 Å². The van der Waals surface area contributed by atoms with Crippen LogP contribution >= 0.6 is 11.8 Å². The fourth-order valence-electron chi connectivity index (χ4n) is 2.50. The van der Waals surface area contributed by atoms with Crippen LogP contribution in [0.4, 0.5) is 0 Å². The van der Waals surface area contributed by atoms with E-state index in [9.17, 15) is 0 Å². The van der Waals surface area contributed by atoms with Crippen LogP contribution in [0, 0.1) is 0 Å². The van der Waals surface area contributed by atoms with E-state index in [1.807, 2.05) is 0 Å². The molecule has 1 saturated heterocycles. The number of thioether (sulfide) groups is 1. The lowest BCUT2D eigenvalue weighted by Gasteiger charge is -2.22. The second-order valence-electron chi connectivity index (χ2n) is 4.82. The highest BCUT2D eigenvalue weighted by Gasteiger charge is 2.24. The predicted octanol–water partition coefficient (Wildman–Crippen LogP) is 3.28. The van der Waals surface area contributed by atoms with Gasteiger partial charge in [-0.3, -0.25) is 0 Å². The molecule has 1 N–H and O–H groups in total. The summed E-state index contributed by atoms with van der Waals surface area (Å²) in [7, 11) is 2.10. The molecule has 1 aliphatic rings. The largest absolute Gasteiger partial charge is 0.316 e. The summed E-state index contributed by atoms with van der Waals surface area (Å²) >= 11 is 2.14. The highest BCUT2D eigenvalue weighted by atomic mass is 32.2. The monoisotopic (exact) mass is 249 g/mol. The third-order valence-electron chi connectivity index (χ3n) is 3.67. The summed E-state index contributed by atoms with van der Waals surface area (Å²) in [5.74, 6) is 1.34. The summed E-state index contributed by atoms with van der Waals surface area (Å²) in [4.78, 5) is 0. The lowest BCUT2D eigenvalue weighted by molar-refractivity contribution is 0.524. The van der Waals surface area contributed by atoms with Gasteiger partial charge in [-0.2, -0.15) is 11.8 Å². The maximum Gasteiger partial charge on any atom is 0.0223 e. The van der Waals surface area contributed by atoms with Crippen molar-refractivity contribution in [3.05, 3.63) is 35.4 Å². The van der Waals surface area contributed by atoms with Gasteiger partial charge in [-0.25, -0.2) is 0 Å². The third kappa shape index (κ3) is 3.49. The van der Waals surface area contributed by atoms with Crippen molar-refractivity contribution in [2.75, 3.05) is 12.8 Å². The molecule has 0 saturated carbocycles. The van der Waals surface area contributed by atoms with Crippen LogP contribution in [0.5, 0.6) is 0 Å². The van der Waals surface area contributed by atoms with E-state index >= 15 is 0 Å². The van der Waals surface area contributed by atoms with Crippen LogP contribution in [0.1, 0.15) is 30.9 Å². The molecular weight excluding hydrogens is 226 g/mol. The first kappa shape index (κ1) is 13.0. The smallest absolute Gasteiger partial charge is 0.0223 e. The Balaban J connectivity index is 1.96. The Hall–Kier alpha value is -0.470. The number of hydrogen-bond donors (Lipinski definition) is 1. The molecule has 0 bridgehead atoms. The van der Waals surface area contributed by atoms with Crippen molar-refractivity contribution in [3.8, 4) is 0 Å². The van der Waals surface area contributed by atoms with Crippen molar-refractivity contribution < 1.29 is 0 Å². The molecule has 1 aromatic carbocycles. The zero-order valence-electron chi connectivity index (χ0n) is 10.9. The van der Waals surface area contributed by atoms with E-state index in [0.717, 1.165) is 18.1 Å². The van der Waals surface area contributed by atoms with E-state index in [4.69, 9.17) is 0 Å². The number of aryl methyl sites for hydroxylation is 1. The maximum atomic E-state index is 3.50. The maximum absolute atomic E-state index is 3.50. The first-order chi connectivity index (χ1) is 8.33. The van der Waals surface area contributed by atoms with Crippen molar-refractivity contribution in [3.63, 3.8) is 0 Å². The molecule has 2 heteroatoms. The number of hydrogen-bond acceptors (Lipinski definition) is 2. The van der Waals surface area contributed by atoms with Crippen molar-refractivity contribution in [2.45, 2.75) is 43.9 Å². The topological polar surface area (TPSA) is 12.0 Å². The van der Waals surface area contributed by atoms with Gasteiger partial charge in [0.05, 0.1) is 0 Å². The predicted molar refractivity (Wildman–Crippen MR) is 77.9 cm³/mol. The third-order valence-corrected chi connectivity index (χ3v) is 5.19. The van der Waals surface area contributed by atoms with Crippen molar-refractivity contribution in [1.82, 2.24) is 5.32 Å². The molecule has 1 heterocycles. The van der Waals surface area contributed by atoms with Crippen molar-refractivity contribution in [2.24, 2.45) is 0 Å². The van der Waals surface area contributed by atoms with E-state index < -0.39 is 0 Å². The first-order valence-corrected chi connectivity index (χ1v) is 7.75. The number of likely N-dealkylation sites (N-methyl/N-ethyl adjacent to an activating group) is 1. The van der Waals surface area contributed by atoms with E-state index in [-0.39, 0.29) is 0 Å². The zero-order chi connectivity index (χ0) is 12.1. The van der Waals surface area contributed by atoms with Gasteiger partial charge in [-0.15, -0.1) is 0 Å². The summed E-state index contributed by atoms with van der Waals surface area (Å²) in [5, 5.41) is 4.31. The number of rotatable bonds is 5. The molecule has 1 aliphatic heterocycles. The highest BCUT2D eigenvalue weighted by Crippen LogP contribution is 2.30. The molecule has 1 fully saturated rings. The van der Waals surface area contributed by atoms with Gasteiger partial charge in [0.1, 0.15) is 0 Å². The van der Waals surface area contributed by atoms with Crippen LogP contribution in [-0.2, 0) is 12.8 Å². The molecule has 1 aromatic rings. The van der Waals surface area contributed by atoms with Gasteiger partial charge in [0, 0.05) is 11.3 Å². The Kier molecular flexibility index (Phi) is 4.93. The fraction of sp³-hybridized carbons (Fsp3) is 0.600. The minimum Gasteiger partial charge on any atom is -0.316 e. The Labute approximate surface area is 109 Å². The Bertz CT molecular complexity index is 327. The molecule has 94 valence electrons. The molecule has 17 heavy (non-hydrogen) atoms. The van der Waals surface area contributed by atoms with Crippen LogP contribution in [-0.4, -0.2) is 24.1 Å². The SMILES string of the molecule is CCc1ccc(CC(NC)C2CCCS2)cc1. The van der Waals surface area contributed by atoms with E-state index in [0.29, 0.717) is 6.04 Å². The summed E-state index contributed by atoms with van der Waals surface area (Å²) in [6, 6.07) is 9.76. The lowest BCUT2D eigenvalue weighted by Crippen LogP contribution is -2.36. The number of benzene rings is 1. The fourth-order valence-corrected chi connectivity index (χ4v) is 3.94. The minimum atomic E-state index is 0.634. The van der Waals surface area contributed by atoms with Crippen molar-refractivity contribution >= 4 is 11.8 Å². The lowest BCUT2D eigenvalue weighted by atomic mass is 9.99. The Morgan fingerprint density at radius 1 is 1.29 bits per heavy atom.